The summed E-state index contributed by atoms with van der Waals surface area (Å²) in [5, 5.41) is 0. The smallest absolute Gasteiger partial charge is 0.254 e. The van der Waals surface area contributed by atoms with Gasteiger partial charge in [-0.2, -0.15) is 4.31 Å². The summed E-state index contributed by atoms with van der Waals surface area (Å²) in [7, 11) is -0.154. The summed E-state index contributed by atoms with van der Waals surface area (Å²) in [4.78, 5) is 14.3. The molecule has 1 heterocycles. The number of carbonyl (C=O) groups is 1. The van der Waals surface area contributed by atoms with Crippen molar-refractivity contribution in [1.82, 2.24) is 9.21 Å². The van der Waals surface area contributed by atoms with E-state index in [-0.39, 0.29) is 11.7 Å². The Morgan fingerprint density at radius 3 is 2.25 bits per heavy atom. The number of amides is 1. The molecule has 8 heteroatoms. The molecule has 1 aliphatic rings. The minimum absolute atomic E-state index is 0.136. The first-order valence-corrected chi connectivity index (χ1v) is 9.53. The van der Waals surface area contributed by atoms with E-state index in [9.17, 15) is 13.2 Å². The predicted octanol–water partition coefficient (Wildman–Crippen LogP) is 1.20. The number of carbonyl (C=O) groups excluding carboxylic acids is 1. The minimum Gasteiger partial charge on any atom is -0.493 e. The molecule has 0 bridgehead atoms. The molecule has 0 unspecified atom stereocenters. The lowest BCUT2D eigenvalue weighted by Gasteiger charge is -2.34. The van der Waals surface area contributed by atoms with Crippen LogP contribution in [0.5, 0.6) is 11.5 Å². The Bertz CT molecular complexity index is 682. The number of ether oxygens (including phenoxy) is 2. The number of rotatable bonds is 6. The van der Waals surface area contributed by atoms with Gasteiger partial charge >= 0.3 is 0 Å². The van der Waals surface area contributed by atoms with Crippen molar-refractivity contribution >= 4 is 15.9 Å². The summed E-state index contributed by atoms with van der Waals surface area (Å²) in [5.74, 6) is 1.07. The van der Waals surface area contributed by atoms with Gasteiger partial charge in [0.2, 0.25) is 10.0 Å². The van der Waals surface area contributed by atoms with Crippen LogP contribution >= 0.6 is 0 Å². The Balaban J connectivity index is 2.05. The predicted molar refractivity (Wildman–Crippen MR) is 91.1 cm³/mol. The van der Waals surface area contributed by atoms with Gasteiger partial charge < -0.3 is 14.4 Å². The number of piperazine rings is 1. The summed E-state index contributed by atoms with van der Waals surface area (Å²) in [6.07, 6.45) is 0.590. The van der Waals surface area contributed by atoms with E-state index in [0.717, 1.165) is 0 Å². The van der Waals surface area contributed by atoms with Crippen molar-refractivity contribution in [3.8, 4) is 11.5 Å². The fourth-order valence-electron chi connectivity index (χ4n) is 2.71. The zero-order chi connectivity index (χ0) is 17.7. The summed E-state index contributed by atoms with van der Waals surface area (Å²) in [6.45, 7) is 3.28. The van der Waals surface area contributed by atoms with Crippen molar-refractivity contribution in [3.05, 3.63) is 23.8 Å². The van der Waals surface area contributed by atoms with Crippen LogP contribution in [0.15, 0.2) is 18.2 Å². The second-order valence-corrected chi connectivity index (χ2v) is 7.67. The van der Waals surface area contributed by atoms with Crippen LogP contribution < -0.4 is 9.47 Å². The molecule has 1 aromatic rings. The standard InChI is InChI=1S/C16H24N2O5S/c1-4-11-24(20,21)18-9-7-17(8-10-18)16(19)13-5-6-14(22-2)15(12-13)23-3/h5-6,12H,4,7-11H2,1-3H3. The van der Waals surface area contributed by atoms with Gasteiger partial charge in [-0.25, -0.2) is 8.42 Å². The lowest BCUT2D eigenvalue weighted by Crippen LogP contribution is -2.51. The first kappa shape index (κ1) is 18.5. The van der Waals surface area contributed by atoms with Crippen molar-refractivity contribution in [2.45, 2.75) is 13.3 Å². The first-order valence-electron chi connectivity index (χ1n) is 7.92. The van der Waals surface area contributed by atoms with Gasteiger partial charge in [-0.1, -0.05) is 6.92 Å². The number of methoxy groups -OCH3 is 2. The number of benzene rings is 1. The Kier molecular flexibility index (Phi) is 6.06. The van der Waals surface area contributed by atoms with E-state index in [1.54, 1.807) is 23.1 Å². The molecule has 0 saturated carbocycles. The molecule has 1 amide bonds. The molecule has 1 fully saturated rings. The molecule has 7 nitrogen and oxygen atoms in total. The summed E-state index contributed by atoms with van der Waals surface area (Å²) in [5.41, 5.74) is 0.498. The monoisotopic (exact) mass is 356 g/mol. The van der Waals surface area contributed by atoms with E-state index in [0.29, 0.717) is 49.7 Å². The van der Waals surface area contributed by atoms with Gasteiger partial charge in [0, 0.05) is 31.7 Å². The molecule has 134 valence electrons. The Hall–Kier alpha value is -1.80. The molecule has 0 N–H and O–H groups in total. The highest BCUT2D eigenvalue weighted by Crippen LogP contribution is 2.28. The van der Waals surface area contributed by atoms with Gasteiger partial charge in [0.1, 0.15) is 0 Å². The largest absolute Gasteiger partial charge is 0.493 e. The lowest BCUT2D eigenvalue weighted by atomic mass is 10.1. The molecular formula is C16H24N2O5S. The summed E-state index contributed by atoms with van der Waals surface area (Å²) in [6, 6.07) is 5.01. The molecule has 2 rings (SSSR count). The fourth-order valence-corrected chi connectivity index (χ4v) is 4.20. The topological polar surface area (TPSA) is 76.2 Å². The average Bonchev–Trinajstić information content (AvgIpc) is 2.60. The average molecular weight is 356 g/mol. The molecule has 0 atom stereocenters. The lowest BCUT2D eigenvalue weighted by molar-refractivity contribution is 0.0697. The van der Waals surface area contributed by atoms with Crippen molar-refractivity contribution < 1.29 is 22.7 Å². The van der Waals surface area contributed by atoms with E-state index in [1.807, 2.05) is 6.92 Å². The molecular weight excluding hydrogens is 332 g/mol. The van der Waals surface area contributed by atoms with Crippen LogP contribution in [0.3, 0.4) is 0 Å². The van der Waals surface area contributed by atoms with Crippen LogP contribution in [0.2, 0.25) is 0 Å². The maximum atomic E-state index is 12.6. The molecule has 1 aliphatic heterocycles. The van der Waals surface area contributed by atoms with Crippen molar-refractivity contribution in [3.63, 3.8) is 0 Å². The van der Waals surface area contributed by atoms with Gasteiger partial charge in [0.05, 0.1) is 20.0 Å². The number of sulfonamides is 1. The van der Waals surface area contributed by atoms with E-state index in [4.69, 9.17) is 9.47 Å². The Morgan fingerprint density at radius 1 is 1.08 bits per heavy atom. The molecule has 0 radical (unpaired) electrons. The van der Waals surface area contributed by atoms with Crippen LogP contribution in [0.25, 0.3) is 0 Å². The second kappa shape index (κ2) is 7.85. The van der Waals surface area contributed by atoms with Crippen LogP contribution in [0, 0.1) is 0 Å². The van der Waals surface area contributed by atoms with Crippen LogP contribution in [0.4, 0.5) is 0 Å². The first-order chi connectivity index (χ1) is 11.4. The highest BCUT2D eigenvalue weighted by Gasteiger charge is 2.28. The highest BCUT2D eigenvalue weighted by molar-refractivity contribution is 7.89. The molecule has 0 aromatic heterocycles. The minimum atomic E-state index is -3.21. The van der Waals surface area contributed by atoms with Crippen LogP contribution in [-0.4, -0.2) is 69.7 Å². The molecule has 1 aromatic carbocycles. The second-order valence-electron chi connectivity index (χ2n) is 5.58. The zero-order valence-electron chi connectivity index (χ0n) is 14.3. The third kappa shape index (κ3) is 3.99. The van der Waals surface area contributed by atoms with Gasteiger partial charge in [0.25, 0.3) is 5.91 Å². The van der Waals surface area contributed by atoms with Gasteiger partial charge in [-0.15, -0.1) is 0 Å². The number of hydrogen-bond acceptors (Lipinski definition) is 5. The van der Waals surface area contributed by atoms with E-state index < -0.39 is 10.0 Å². The van der Waals surface area contributed by atoms with Gasteiger partial charge in [-0.3, -0.25) is 4.79 Å². The van der Waals surface area contributed by atoms with E-state index in [2.05, 4.69) is 0 Å². The van der Waals surface area contributed by atoms with E-state index >= 15 is 0 Å². The summed E-state index contributed by atoms with van der Waals surface area (Å²) < 4.78 is 36.0. The van der Waals surface area contributed by atoms with Crippen molar-refractivity contribution in [1.29, 1.82) is 0 Å². The van der Waals surface area contributed by atoms with Gasteiger partial charge in [-0.05, 0) is 24.6 Å². The Labute approximate surface area is 143 Å². The highest BCUT2D eigenvalue weighted by atomic mass is 32.2. The molecule has 1 saturated heterocycles. The zero-order valence-corrected chi connectivity index (χ0v) is 15.1. The van der Waals surface area contributed by atoms with Crippen molar-refractivity contribution in [2.75, 3.05) is 46.2 Å². The SMILES string of the molecule is CCCS(=O)(=O)N1CCN(C(=O)c2ccc(OC)c(OC)c2)CC1. The molecule has 0 aliphatic carbocycles. The maximum Gasteiger partial charge on any atom is 0.254 e. The normalized spacial score (nSPS) is 16.0. The quantitative estimate of drug-likeness (QED) is 0.766. The summed E-state index contributed by atoms with van der Waals surface area (Å²) >= 11 is 0. The third-order valence-corrected chi connectivity index (χ3v) is 6.09. The fraction of sp³-hybridized carbons (Fsp3) is 0.562. The van der Waals surface area contributed by atoms with Gasteiger partial charge in [0.15, 0.2) is 11.5 Å². The van der Waals surface area contributed by atoms with Crippen molar-refractivity contribution in [2.24, 2.45) is 0 Å². The maximum absolute atomic E-state index is 12.6. The third-order valence-electron chi connectivity index (χ3n) is 4.01. The van der Waals surface area contributed by atoms with E-state index in [1.165, 1.54) is 18.5 Å². The van der Waals surface area contributed by atoms with Crippen LogP contribution in [-0.2, 0) is 10.0 Å². The Morgan fingerprint density at radius 2 is 1.71 bits per heavy atom. The number of nitrogens with zero attached hydrogens (tertiary/aromatic N) is 2. The number of hydrogen-bond donors (Lipinski definition) is 0. The van der Waals surface area contributed by atoms with Crippen LogP contribution in [0.1, 0.15) is 23.7 Å². The molecule has 24 heavy (non-hydrogen) atoms. The molecule has 0 spiro atoms.